The first kappa shape index (κ1) is 13.5. The number of fused-ring (bicyclic) bond motifs is 1. The molecule has 2 heterocycles. The fourth-order valence-corrected chi connectivity index (χ4v) is 2.61. The van der Waals surface area contributed by atoms with Crippen LogP contribution in [-0.2, 0) is 25.6 Å². The van der Waals surface area contributed by atoms with Gasteiger partial charge in [-0.2, -0.15) is 0 Å². The van der Waals surface area contributed by atoms with Gasteiger partial charge in [0.15, 0.2) is 0 Å². The maximum Gasteiger partial charge on any atom is 0.312 e. The smallest absolute Gasteiger partial charge is 0.312 e. The highest BCUT2D eigenvalue weighted by Gasteiger charge is 2.34. The number of carboxylic acid groups (broad SMARTS) is 1. The van der Waals surface area contributed by atoms with E-state index < -0.39 is 11.9 Å². The van der Waals surface area contributed by atoms with Crippen molar-refractivity contribution in [2.24, 2.45) is 0 Å². The molecule has 1 amide bonds. The summed E-state index contributed by atoms with van der Waals surface area (Å²) in [6.45, 7) is 1.24. The van der Waals surface area contributed by atoms with Gasteiger partial charge < -0.3 is 19.5 Å². The van der Waals surface area contributed by atoms with E-state index in [1.54, 1.807) is 6.07 Å². The number of amides is 1. The summed E-state index contributed by atoms with van der Waals surface area (Å²) in [5.41, 5.74) is 1.62. The minimum absolute atomic E-state index is 0.129. The van der Waals surface area contributed by atoms with Crippen LogP contribution in [0.5, 0.6) is 0 Å². The number of benzene rings is 1. The van der Waals surface area contributed by atoms with E-state index in [0.717, 1.165) is 11.1 Å². The van der Waals surface area contributed by atoms with Gasteiger partial charge in [-0.25, -0.2) is 0 Å². The molecule has 0 spiro atoms. The lowest BCUT2D eigenvalue weighted by Gasteiger charge is -2.33. The number of hydrogen-bond acceptors (Lipinski definition) is 4. The van der Waals surface area contributed by atoms with Crippen molar-refractivity contribution in [3.05, 3.63) is 47.4 Å². The third-order valence-electron chi connectivity index (χ3n) is 3.64. The molecule has 0 aliphatic carbocycles. The molecule has 0 bridgehead atoms. The van der Waals surface area contributed by atoms with Gasteiger partial charge in [-0.3, -0.25) is 9.59 Å². The minimum Gasteiger partial charge on any atom is -0.494 e. The normalized spacial score (nSPS) is 20.7. The van der Waals surface area contributed by atoms with Crippen LogP contribution in [0.2, 0.25) is 0 Å². The Morgan fingerprint density at radius 1 is 1.24 bits per heavy atom. The second-order valence-electron chi connectivity index (χ2n) is 4.98. The Morgan fingerprint density at radius 3 is 2.76 bits per heavy atom. The molecule has 3 rings (SSSR count). The molecule has 2 aliphatic rings. The maximum absolute atomic E-state index is 12.4. The molecule has 1 aromatic rings. The zero-order valence-corrected chi connectivity index (χ0v) is 11.3. The van der Waals surface area contributed by atoms with Gasteiger partial charge in [-0.15, -0.1) is 0 Å². The quantitative estimate of drug-likeness (QED) is 0.882. The number of nitrogens with zero attached hydrogens (tertiary/aromatic N) is 1. The lowest BCUT2D eigenvalue weighted by atomic mass is 9.89. The third-order valence-corrected chi connectivity index (χ3v) is 3.64. The Hall–Kier alpha value is -2.50. The summed E-state index contributed by atoms with van der Waals surface area (Å²) in [6, 6.07) is 7.30. The predicted octanol–water partition coefficient (Wildman–Crippen LogP) is 1.09. The third kappa shape index (κ3) is 2.56. The van der Waals surface area contributed by atoms with Gasteiger partial charge in [-0.05, 0) is 11.1 Å². The molecule has 6 nitrogen and oxygen atoms in total. The molecule has 2 aliphatic heterocycles. The SMILES string of the molecule is O=C(O)C1CN(C(=O)C2=COCCO2)Cc2ccccc21. The molecule has 1 atom stereocenters. The summed E-state index contributed by atoms with van der Waals surface area (Å²) in [5, 5.41) is 9.39. The van der Waals surface area contributed by atoms with Crippen LogP contribution >= 0.6 is 0 Å². The van der Waals surface area contributed by atoms with Crippen molar-refractivity contribution in [2.45, 2.75) is 12.5 Å². The van der Waals surface area contributed by atoms with E-state index >= 15 is 0 Å². The second kappa shape index (κ2) is 5.47. The Bertz CT molecular complexity index is 610. The molecule has 110 valence electrons. The standard InChI is InChI=1S/C15H15NO5/c17-14(13-9-20-5-6-21-13)16-7-10-3-1-2-4-11(10)12(8-16)15(18)19/h1-4,9,12H,5-8H2,(H,18,19). The summed E-state index contributed by atoms with van der Waals surface area (Å²) < 4.78 is 10.4. The lowest BCUT2D eigenvalue weighted by molar-refractivity contribution is -0.141. The summed E-state index contributed by atoms with van der Waals surface area (Å²) in [6.07, 6.45) is 1.29. The molecule has 21 heavy (non-hydrogen) atoms. The molecule has 0 aromatic heterocycles. The van der Waals surface area contributed by atoms with Crippen molar-refractivity contribution in [1.29, 1.82) is 0 Å². The van der Waals surface area contributed by atoms with Crippen molar-refractivity contribution in [1.82, 2.24) is 4.90 Å². The first-order valence-electron chi connectivity index (χ1n) is 6.71. The molecule has 0 fully saturated rings. The highest BCUT2D eigenvalue weighted by Crippen LogP contribution is 2.29. The van der Waals surface area contributed by atoms with Crippen molar-refractivity contribution >= 4 is 11.9 Å². The summed E-state index contributed by atoms with van der Waals surface area (Å²) in [7, 11) is 0. The predicted molar refractivity (Wildman–Crippen MR) is 72.2 cm³/mol. The highest BCUT2D eigenvalue weighted by molar-refractivity contribution is 5.92. The zero-order chi connectivity index (χ0) is 14.8. The minimum atomic E-state index is -0.935. The van der Waals surface area contributed by atoms with E-state index in [2.05, 4.69) is 0 Å². The topological polar surface area (TPSA) is 76.1 Å². The van der Waals surface area contributed by atoms with Crippen LogP contribution in [-0.4, -0.2) is 41.6 Å². The summed E-state index contributed by atoms with van der Waals surface area (Å²) in [4.78, 5) is 25.3. The maximum atomic E-state index is 12.4. The van der Waals surface area contributed by atoms with Gasteiger partial charge >= 0.3 is 5.97 Å². The Kier molecular flexibility index (Phi) is 3.51. The van der Waals surface area contributed by atoms with Gasteiger partial charge in [0.25, 0.3) is 5.91 Å². The summed E-state index contributed by atoms with van der Waals surface area (Å²) in [5.74, 6) is -1.86. The van der Waals surface area contributed by atoms with Gasteiger partial charge in [-0.1, -0.05) is 24.3 Å². The van der Waals surface area contributed by atoms with Gasteiger partial charge in [0.1, 0.15) is 19.5 Å². The molecule has 1 aromatic carbocycles. The Morgan fingerprint density at radius 2 is 2.05 bits per heavy atom. The Labute approximate surface area is 121 Å². The van der Waals surface area contributed by atoms with Gasteiger partial charge in [0.2, 0.25) is 5.76 Å². The van der Waals surface area contributed by atoms with E-state index in [4.69, 9.17) is 9.47 Å². The van der Waals surface area contributed by atoms with Crippen LogP contribution in [0, 0.1) is 0 Å². The van der Waals surface area contributed by atoms with E-state index in [1.807, 2.05) is 18.2 Å². The molecule has 0 saturated heterocycles. The molecule has 1 unspecified atom stereocenters. The molecule has 1 N–H and O–H groups in total. The summed E-state index contributed by atoms with van der Waals surface area (Å²) >= 11 is 0. The highest BCUT2D eigenvalue weighted by atomic mass is 16.6. The average molecular weight is 289 g/mol. The molecule has 6 heteroatoms. The molecular weight excluding hydrogens is 274 g/mol. The largest absolute Gasteiger partial charge is 0.494 e. The van der Waals surface area contributed by atoms with E-state index in [9.17, 15) is 14.7 Å². The van der Waals surface area contributed by atoms with Crippen molar-refractivity contribution in [3.8, 4) is 0 Å². The van der Waals surface area contributed by atoms with E-state index in [1.165, 1.54) is 11.2 Å². The number of carboxylic acids is 1. The first-order valence-corrected chi connectivity index (χ1v) is 6.71. The van der Waals surface area contributed by atoms with Crippen LogP contribution in [0.3, 0.4) is 0 Å². The molecular formula is C15H15NO5. The van der Waals surface area contributed by atoms with Gasteiger partial charge in [0, 0.05) is 13.1 Å². The van der Waals surface area contributed by atoms with Crippen LogP contribution in [0.15, 0.2) is 36.3 Å². The first-order chi connectivity index (χ1) is 10.2. The molecule has 0 radical (unpaired) electrons. The average Bonchev–Trinajstić information content (AvgIpc) is 2.53. The van der Waals surface area contributed by atoms with Gasteiger partial charge in [0.05, 0.1) is 5.92 Å². The van der Waals surface area contributed by atoms with E-state index in [0.29, 0.717) is 19.8 Å². The van der Waals surface area contributed by atoms with Crippen LogP contribution in [0.25, 0.3) is 0 Å². The number of carbonyl (C=O) groups is 2. The van der Waals surface area contributed by atoms with Crippen molar-refractivity contribution in [2.75, 3.05) is 19.8 Å². The van der Waals surface area contributed by atoms with E-state index in [-0.39, 0.29) is 18.2 Å². The monoisotopic (exact) mass is 289 g/mol. The fraction of sp³-hybridized carbons (Fsp3) is 0.333. The number of carbonyl (C=O) groups excluding carboxylic acids is 1. The lowest BCUT2D eigenvalue weighted by Crippen LogP contribution is -2.42. The van der Waals surface area contributed by atoms with Crippen LogP contribution in [0.1, 0.15) is 17.0 Å². The number of aliphatic carboxylic acids is 1. The molecule has 0 saturated carbocycles. The Balaban J connectivity index is 1.87. The van der Waals surface area contributed by atoms with Crippen molar-refractivity contribution in [3.63, 3.8) is 0 Å². The number of hydrogen-bond donors (Lipinski definition) is 1. The zero-order valence-electron chi connectivity index (χ0n) is 11.3. The fourth-order valence-electron chi connectivity index (χ4n) is 2.61. The van der Waals surface area contributed by atoms with Crippen molar-refractivity contribution < 1.29 is 24.2 Å². The number of rotatable bonds is 2. The van der Waals surface area contributed by atoms with Crippen LogP contribution in [0.4, 0.5) is 0 Å². The van der Waals surface area contributed by atoms with Crippen LogP contribution < -0.4 is 0 Å². The number of ether oxygens (including phenoxy) is 2. The second-order valence-corrected chi connectivity index (χ2v) is 4.98.